The SMILES string of the molecule is COC(=O)NCCc1ccoc1. The molecule has 0 aliphatic carbocycles. The van der Waals surface area contributed by atoms with Gasteiger partial charge in [-0.1, -0.05) is 0 Å². The normalized spacial score (nSPS) is 9.42. The van der Waals surface area contributed by atoms with Crippen molar-refractivity contribution in [1.29, 1.82) is 0 Å². The van der Waals surface area contributed by atoms with E-state index in [1.54, 1.807) is 12.5 Å². The lowest BCUT2D eigenvalue weighted by Gasteiger charge is -2.00. The van der Waals surface area contributed by atoms with Gasteiger partial charge in [0.15, 0.2) is 0 Å². The first kappa shape index (κ1) is 8.64. The van der Waals surface area contributed by atoms with E-state index in [4.69, 9.17) is 4.42 Å². The van der Waals surface area contributed by atoms with E-state index in [1.165, 1.54) is 7.11 Å². The lowest BCUT2D eigenvalue weighted by atomic mass is 10.2. The quantitative estimate of drug-likeness (QED) is 0.739. The molecule has 4 nitrogen and oxygen atoms in total. The monoisotopic (exact) mass is 169 g/mol. The van der Waals surface area contributed by atoms with Crippen molar-refractivity contribution in [3.63, 3.8) is 0 Å². The minimum Gasteiger partial charge on any atom is -0.472 e. The number of carbonyl (C=O) groups is 1. The molecule has 1 aromatic rings. The van der Waals surface area contributed by atoms with Gasteiger partial charge in [-0.3, -0.25) is 0 Å². The maximum atomic E-state index is 10.6. The molecule has 0 aromatic carbocycles. The molecule has 0 aliphatic heterocycles. The molecule has 0 radical (unpaired) electrons. The number of carbonyl (C=O) groups excluding carboxylic acids is 1. The maximum absolute atomic E-state index is 10.6. The summed E-state index contributed by atoms with van der Waals surface area (Å²) in [7, 11) is 1.34. The van der Waals surface area contributed by atoms with Crippen LogP contribution in [0.2, 0.25) is 0 Å². The third kappa shape index (κ3) is 2.65. The molecule has 0 aliphatic rings. The first-order valence-corrected chi connectivity index (χ1v) is 3.66. The zero-order valence-electron chi connectivity index (χ0n) is 6.87. The van der Waals surface area contributed by atoms with Crippen LogP contribution in [0.25, 0.3) is 0 Å². The second kappa shape index (κ2) is 4.43. The van der Waals surface area contributed by atoms with Gasteiger partial charge in [0.25, 0.3) is 0 Å². The van der Waals surface area contributed by atoms with Crippen molar-refractivity contribution in [2.75, 3.05) is 13.7 Å². The third-order valence-electron chi connectivity index (χ3n) is 1.45. The van der Waals surface area contributed by atoms with Gasteiger partial charge in [-0.05, 0) is 18.1 Å². The third-order valence-corrected chi connectivity index (χ3v) is 1.45. The van der Waals surface area contributed by atoms with Crippen LogP contribution in [0.3, 0.4) is 0 Å². The highest BCUT2D eigenvalue weighted by molar-refractivity contribution is 5.66. The van der Waals surface area contributed by atoms with Crippen LogP contribution in [0.4, 0.5) is 4.79 Å². The van der Waals surface area contributed by atoms with Crippen LogP contribution in [0, 0.1) is 0 Å². The molecule has 0 bridgehead atoms. The number of ether oxygens (including phenoxy) is 1. The fraction of sp³-hybridized carbons (Fsp3) is 0.375. The molecule has 1 rings (SSSR count). The maximum Gasteiger partial charge on any atom is 0.406 e. The van der Waals surface area contributed by atoms with Gasteiger partial charge in [-0.15, -0.1) is 0 Å². The number of nitrogens with one attached hydrogen (secondary N) is 1. The Labute approximate surface area is 70.5 Å². The van der Waals surface area contributed by atoms with Crippen molar-refractivity contribution in [3.05, 3.63) is 24.2 Å². The average Bonchev–Trinajstić information content (AvgIpc) is 2.57. The first-order valence-electron chi connectivity index (χ1n) is 3.66. The van der Waals surface area contributed by atoms with Crippen molar-refractivity contribution in [3.8, 4) is 0 Å². The molecule has 4 heteroatoms. The van der Waals surface area contributed by atoms with Crippen molar-refractivity contribution in [2.24, 2.45) is 0 Å². The van der Waals surface area contributed by atoms with Crippen LogP contribution in [0.1, 0.15) is 5.56 Å². The molecule has 1 N–H and O–H groups in total. The number of hydrogen-bond acceptors (Lipinski definition) is 3. The molecular weight excluding hydrogens is 158 g/mol. The number of hydrogen-bond donors (Lipinski definition) is 1. The lowest BCUT2D eigenvalue weighted by Crippen LogP contribution is -2.25. The summed E-state index contributed by atoms with van der Waals surface area (Å²) in [5.41, 5.74) is 1.06. The van der Waals surface area contributed by atoms with Crippen molar-refractivity contribution < 1.29 is 13.9 Å². The van der Waals surface area contributed by atoms with Crippen LogP contribution < -0.4 is 5.32 Å². The number of furan rings is 1. The summed E-state index contributed by atoms with van der Waals surface area (Å²) in [6.07, 6.45) is 3.61. The fourth-order valence-corrected chi connectivity index (χ4v) is 0.816. The largest absolute Gasteiger partial charge is 0.472 e. The Morgan fingerprint density at radius 3 is 3.17 bits per heavy atom. The van der Waals surface area contributed by atoms with Crippen LogP contribution in [0.5, 0.6) is 0 Å². The van der Waals surface area contributed by atoms with Crippen LogP contribution in [-0.4, -0.2) is 19.7 Å². The Kier molecular flexibility index (Phi) is 3.19. The highest BCUT2D eigenvalue weighted by atomic mass is 16.5. The molecular formula is C8H11NO3. The molecule has 66 valence electrons. The predicted octanol–water partition coefficient (Wildman–Crippen LogP) is 1.18. The van der Waals surface area contributed by atoms with Crippen LogP contribution in [0.15, 0.2) is 23.0 Å². The smallest absolute Gasteiger partial charge is 0.406 e. The number of alkyl carbamates (subject to hydrolysis) is 1. The van der Waals surface area contributed by atoms with E-state index < -0.39 is 6.09 Å². The lowest BCUT2D eigenvalue weighted by molar-refractivity contribution is 0.171. The van der Waals surface area contributed by atoms with E-state index >= 15 is 0 Å². The van der Waals surface area contributed by atoms with Gasteiger partial charge in [-0.25, -0.2) is 4.79 Å². The Hall–Kier alpha value is -1.45. The van der Waals surface area contributed by atoms with E-state index in [9.17, 15) is 4.79 Å². The summed E-state index contributed by atoms with van der Waals surface area (Å²) in [4.78, 5) is 10.6. The van der Waals surface area contributed by atoms with Crippen LogP contribution in [-0.2, 0) is 11.2 Å². The van der Waals surface area contributed by atoms with E-state index in [-0.39, 0.29) is 0 Å². The van der Waals surface area contributed by atoms with E-state index in [2.05, 4.69) is 10.1 Å². The minimum absolute atomic E-state index is 0.404. The molecule has 0 spiro atoms. The van der Waals surface area contributed by atoms with Gasteiger partial charge < -0.3 is 14.5 Å². The molecule has 1 heterocycles. The van der Waals surface area contributed by atoms with E-state index in [1.807, 2.05) is 6.07 Å². The van der Waals surface area contributed by atoms with Crippen LogP contribution >= 0.6 is 0 Å². The van der Waals surface area contributed by atoms with Crippen molar-refractivity contribution in [1.82, 2.24) is 5.32 Å². The predicted molar refractivity (Wildman–Crippen MR) is 42.8 cm³/mol. The highest BCUT2D eigenvalue weighted by Gasteiger charge is 1.97. The zero-order valence-corrected chi connectivity index (χ0v) is 6.87. The highest BCUT2D eigenvalue weighted by Crippen LogP contribution is 1.99. The Morgan fingerprint density at radius 1 is 1.75 bits per heavy atom. The summed E-state index contributed by atoms with van der Waals surface area (Å²) in [6, 6.07) is 1.86. The molecule has 0 atom stereocenters. The molecule has 1 amide bonds. The Balaban J connectivity index is 2.15. The molecule has 0 saturated heterocycles. The van der Waals surface area contributed by atoms with Crippen molar-refractivity contribution in [2.45, 2.75) is 6.42 Å². The molecule has 0 unspecified atom stereocenters. The fourth-order valence-electron chi connectivity index (χ4n) is 0.816. The van der Waals surface area contributed by atoms with Gasteiger partial charge in [-0.2, -0.15) is 0 Å². The second-order valence-corrected chi connectivity index (χ2v) is 2.30. The second-order valence-electron chi connectivity index (χ2n) is 2.30. The Bertz CT molecular complexity index is 230. The molecule has 0 saturated carbocycles. The van der Waals surface area contributed by atoms with E-state index in [0.29, 0.717) is 6.54 Å². The number of methoxy groups -OCH3 is 1. The van der Waals surface area contributed by atoms with Crippen molar-refractivity contribution >= 4 is 6.09 Å². The zero-order chi connectivity index (χ0) is 8.81. The summed E-state index contributed by atoms with van der Waals surface area (Å²) in [6.45, 7) is 0.562. The van der Waals surface area contributed by atoms with Gasteiger partial charge >= 0.3 is 6.09 Å². The minimum atomic E-state index is -0.404. The van der Waals surface area contributed by atoms with Gasteiger partial charge in [0.05, 0.1) is 19.6 Å². The average molecular weight is 169 g/mol. The first-order chi connectivity index (χ1) is 5.83. The van der Waals surface area contributed by atoms with Gasteiger partial charge in [0.1, 0.15) is 0 Å². The summed E-state index contributed by atoms with van der Waals surface area (Å²) >= 11 is 0. The topological polar surface area (TPSA) is 51.5 Å². The number of rotatable bonds is 3. The standard InChI is InChI=1S/C8H11NO3/c1-11-8(10)9-4-2-7-3-5-12-6-7/h3,5-6H,2,4H2,1H3,(H,9,10). The van der Waals surface area contributed by atoms with E-state index in [0.717, 1.165) is 12.0 Å². The van der Waals surface area contributed by atoms with Gasteiger partial charge in [0, 0.05) is 6.54 Å². The summed E-state index contributed by atoms with van der Waals surface area (Å²) < 4.78 is 9.25. The molecule has 12 heavy (non-hydrogen) atoms. The summed E-state index contributed by atoms with van der Waals surface area (Å²) in [5.74, 6) is 0. The summed E-state index contributed by atoms with van der Waals surface area (Å²) in [5, 5.41) is 2.57. The number of amides is 1. The molecule has 1 aromatic heterocycles. The van der Waals surface area contributed by atoms with Gasteiger partial charge in [0.2, 0.25) is 0 Å². The Morgan fingerprint density at radius 2 is 2.58 bits per heavy atom. The molecule has 0 fully saturated rings.